The standard InChI is InChI=1S/Al.Mg.H3O4P.4H/c;;1-5(2,3)4;;;;/h;;(H3,1,2,3,4);;;;/q+1;;;;;;/p-1. The molecule has 0 atom stereocenters. The van der Waals surface area contributed by atoms with Crippen molar-refractivity contribution in [1.82, 2.24) is 0 Å². The summed E-state index contributed by atoms with van der Waals surface area (Å²) in [6, 6.07) is 0. The highest BCUT2D eigenvalue weighted by atomic mass is 31.2. The van der Waals surface area contributed by atoms with Crippen molar-refractivity contribution in [2.75, 3.05) is 0 Å². The summed E-state index contributed by atoms with van der Waals surface area (Å²) >= 11 is 0.0849. The van der Waals surface area contributed by atoms with Gasteiger partial charge in [0.1, 0.15) is 0 Å². The summed E-state index contributed by atoms with van der Waals surface area (Å²) in [6.07, 6.45) is 0. The Hall–Kier alpha value is 1.41. The molecule has 0 heterocycles. The first-order valence-corrected chi connectivity index (χ1v) is 3.52. The normalized spacial score (nSPS) is 10.0. The Morgan fingerprint density at radius 1 is 1.57 bits per heavy atom. The summed E-state index contributed by atoms with van der Waals surface area (Å²) in [5, 5.41) is 0. The van der Waals surface area contributed by atoms with Crippen molar-refractivity contribution in [1.29, 1.82) is 0 Å². The van der Waals surface area contributed by atoms with Gasteiger partial charge in [-0.1, -0.05) is 0 Å². The SMILES string of the molecule is O=P(O)(O)[O][AlH2].[MgH2]. The van der Waals surface area contributed by atoms with E-state index >= 15 is 0 Å². The van der Waals surface area contributed by atoms with Gasteiger partial charge in [0.15, 0.2) is 0 Å². The van der Waals surface area contributed by atoms with Crippen LogP contribution in [-0.2, 0) is 8.14 Å². The molecule has 0 saturated carbocycles. The average Bonchev–Trinajstić information content (AvgIpc) is 1.35. The van der Waals surface area contributed by atoms with Gasteiger partial charge in [0.2, 0.25) is 0 Å². The minimum atomic E-state index is -4.08. The van der Waals surface area contributed by atoms with Crippen LogP contribution in [0.25, 0.3) is 0 Å². The van der Waals surface area contributed by atoms with Gasteiger partial charge in [0.25, 0.3) is 0 Å². The minimum Gasteiger partial charge on any atom is -0.423 e. The molecule has 2 N–H and O–H groups in total. The van der Waals surface area contributed by atoms with Crippen LogP contribution < -0.4 is 0 Å². The maximum atomic E-state index is 9.51. The molecule has 0 aromatic heterocycles. The fourth-order valence-electron chi connectivity index (χ4n) is 0. The zero-order chi connectivity index (χ0) is 5.21. The maximum Gasteiger partial charge on any atom is 0.441 e. The van der Waals surface area contributed by atoms with E-state index in [2.05, 4.69) is 3.58 Å². The number of hydrogen-bond acceptors (Lipinski definition) is 2. The summed E-state index contributed by atoms with van der Waals surface area (Å²) < 4.78 is 13.2. The third kappa shape index (κ3) is 11.2. The van der Waals surface area contributed by atoms with E-state index in [0.717, 1.165) is 0 Å². The van der Waals surface area contributed by atoms with Crippen molar-refractivity contribution >= 4 is 47.5 Å². The Bertz CT molecular complexity index is 75.8. The van der Waals surface area contributed by atoms with Gasteiger partial charge in [-0.25, -0.2) is 4.57 Å². The molecule has 0 aliphatic heterocycles. The zero-order valence-corrected chi connectivity index (χ0v) is 6.05. The van der Waals surface area contributed by atoms with E-state index in [9.17, 15) is 4.57 Å². The average molecular weight is 152 g/mol. The van der Waals surface area contributed by atoms with Gasteiger partial charge in [-0.05, 0) is 0 Å². The van der Waals surface area contributed by atoms with Crippen molar-refractivity contribution < 1.29 is 17.9 Å². The van der Waals surface area contributed by atoms with Crippen LogP contribution in [0, 0.1) is 0 Å². The maximum absolute atomic E-state index is 9.51. The molecule has 40 valence electrons. The lowest BCUT2D eigenvalue weighted by molar-refractivity contribution is 0.292. The molecule has 0 bridgehead atoms. The first-order valence-electron chi connectivity index (χ1n) is 1.17. The first-order chi connectivity index (χ1) is 2.56. The molecule has 7 heteroatoms. The summed E-state index contributed by atoms with van der Waals surface area (Å²) in [6.45, 7) is 0. The lowest BCUT2D eigenvalue weighted by Gasteiger charge is -1.96. The van der Waals surface area contributed by atoms with Crippen LogP contribution >= 0.6 is 7.82 Å². The van der Waals surface area contributed by atoms with E-state index in [-0.39, 0.29) is 39.7 Å². The van der Waals surface area contributed by atoms with Gasteiger partial charge in [-0.15, -0.1) is 0 Å². The minimum absolute atomic E-state index is 0. The molecule has 0 aromatic carbocycles. The van der Waals surface area contributed by atoms with Crippen molar-refractivity contribution in [3.05, 3.63) is 0 Å². The molecule has 4 nitrogen and oxygen atoms in total. The number of hydrogen-bond donors (Lipinski definition) is 2. The molecule has 0 radical (unpaired) electrons. The first kappa shape index (κ1) is 11.2. The van der Waals surface area contributed by atoms with Crippen LogP contribution in [0.4, 0.5) is 0 Å². The van der Waals surface area contributed by atoms with Crippen LogP contribution in [-0.4, -0.2) is 49.5 Å². The molecule has 0 aromatic rings. The van der Waals surface area contributed by atoms with Gasteiger partial charge >= 0.3 is 47.5 Å². The Balaban J connectivity index is 0. The molecule has 0 amide bonds. The second-order valence-electron chi connectivity index (χ2n) is 0.673. The van der Waals surface area contributed by atoms with Crippen LogP contribution in [0.15, 0.2) is 0 Å². The third-order valence-corrected chi connectivity index (χ3v) is 2.14. The highest BCUT2D eigenvalue weighted by molar-refractivity contribution is 7.47. The number of phosphoric acid groups is 1. The summed E-state index contributed by atoms with van der Waals surface area (Å²) in [5.41, 5.74) is 0. The van der Waals surface area contributed by atoms with E-state index in [1.807, 2.05) is 0 Å². The fraction of sp³-hybridized carbons (Fsp3) is 0. The monoisotopic (exact) mass is 152 g/mol. The fourth-order valence-corrected chi connectivity index (χ4v) is 0. The topological polar surface area (TPSA) is 66.8 Å². The summed E-state index contributed by atoms with van der Waals surface area (Å²) in [5.74, 6) is 0. The zero-order valence-electron chi connectivity index (χ0n) is 3.16. The quantitative estimate of drug-likeness (QED) is 0.328. The Morgan fingerprint density at radius 3 is 1.71 bits per heavy atom. The van der Waals surface area contributed by atoms with E-state index < -0.39 is 7.82 Å². The lowest BCUT2D eigenvalue weighted by atomic mass is 15.7. The van der Waals surface area contributed by atoms with E-state index in [1.54, 1.807) is 0 Å². The molecule has 0 fully saturated rings. The smallest absolute Gasteiger partial charge is 0.423 e. The lowest BCUT2D eigenvalue weighted by Crippen LogP contribution is -1.78. The predicted octanol–water partition coefficient (Wildman–Crippen LogP) is -2.27. The van der Waals surface area contributed by atoms with Gasteiger partial charge in [0.05, 0.1) is 0 Å². The van der Waals surface area contributed by atoms with E-state index in [4.69, 9.17) is 9.79 Å². The van der Waals surface area contributed by atoms with Gasteiger partial charge in [-0.2, -0.15) is 0 Å². The summed E-state index contributed by atoms with van der Waals surface area (Å²) in [7, 11) is -4.08. The van der Waals surface area contributed by atoms with Crippen molar-refractivity contribution in [2.45, 2.75) is 0 Å². The molecule has 0 aliphatic carbocycles. The van der Waals surface area contributed by atoms with Crippen LogP contribution in [0.3, 0.4) is 0 Å². The number of rotatable bonds is 1. The molecular formula is H6AlMgO4P. The molecule has 0 aliphatic rings. The molecule has 0 rings (SSSR count). The van der Waals surface area contributed by atoms with Crippen LogP contribution in [0.1, 0.15) is 0 Å². The Kier molecular flexibility index (Phi) is 6.91. The van der Waals surface area contributed by atoms with Gasteiger partial charge in [-0.3, -0.25) is 0 Å². The summed E-state index contributed by atoms with van der Waals surface area (Å²) in [4.78, 5) is 15.5. The van der Waals surface area contributed by atoms with Crippen molar-refractivity contribution in [3.63, 3.8) is 0 Å². The highest BCUT2D eigenvalue weighted by Crippen LogP contribution is 2.33. The Morgan fingerprint density at radius 2 is 1.71 bits per heavy atom. The Labute approximate surface area is 65.4 Å². The van der Waals surface area contributed by atoms with Crippen LogP contribution in [0.5, 0.6) is 0 Å². The van der Waals surface area contributed by atoms with E-state index in [0.29, 0.717) is 0 Å². The van der Waals surface area contributed by atoms with Crippen LogP contribution in [0.2, 0.25) is 0 Å². The molecule has 7 heavy (non-hydrogen) atoms. The highest BCUT2D eigenvalue weighted by Gasteiger charge is 2.05. The molecule has 0 saturated heterocycles. The third-order valence-electron chi connectivity index (χ3n) is 0.238. The molecule has 0 spiro atoms. The van der Waals surface area contributed by atoms with Gasteiger partial charge < -0.3 is 13.4 Å². The molecular weight excluding hydrogens is 146 g/mol. The van der Waals surface area contributed by atoms with Gasteiger partial charge in [0, 0.05) is 0 Å². The van der Waals surface area contributed by atoms with Crippen molar-refractivity contribution in [3.8, 4) is 0 Å². The van der Waals surface area contributed by atoms with Crippen molar-refractivity contribution in [2.24, 2.45) is 0 Å². The second-order valence-corrected chi connectivity index (χ2v) is 3.11. The second kappa shape index (κ2) is 4.30. The molecule has 0 unspecified atom stereocenters. The van der Waals surface area contributed by atoms with E-state index in [1.165, 1.54) is 0 Å². The predicted molar refractivity (Wildman–Crippen MR) is 30.2 cm³/mol. The largest absolute Gasteiger partial charge is 0.441 e.